The van der Waals surface area contributed by atoms with Crippen molar-refractivity contribution in [1.82, 2.24) is 0 Å². The number of carbonyl (C=O) groups excluding carboxylic acids is 1. The van der Waals surface area contributed by atoms with Crippen LogP contribution in [0, 0.1) is 5.92 Å². The molecule has 1 heterocycles. The van der Waals surface area contributed by atoms with Crippen LogP contribution in [0.1, 0.15) is 31.2 Å². The van der Waals surface area contributed by atoms with Gasteiger partial charge in [-0.25, -0.2) is 4.79 Å². The molecule has 0 spiro atoms. The summed E-state index contributed by atoms with van der Waals surface area (Å²) >= 11 is 7.60. The zero-order valence-electron chi connectivity index (χ0n) is 13.2. The van der Waals surface area contributed by atoms with Gasteiger partial charge in [0.25, 0.3) is 0 Å². The van der Waals surface area contributed by atoms with Crippen LogP contribution in [0.15, 0.2) is 46.2 Å². The van der Waals surface area contributed by atoms with E-state index in [9.17, 15) is 4.79 Å². The van der Waals surface area contributed by atoms with Crippen LogP contribution < -0.4 is 5.32 Å². The van der Waals surface area contributed by atoms with Gasteiger partial charge in [-0.15, -0.1) is 0 Å². The summed E-state index contributed by atoms with van der Waals surface area (Å²) in [5.74, 6) is 0.354. The minimum absolute atomic E-state index is 0.354. The lowest BCUT2D eigenvalue weighted by Gasteiger charge is -2.23. The van der Waals surface area contributed by atoms with Crippen LogP contribution in [0.2, 0.25) is 5.02 Å². The number of halogens is 1. The molecule has 0 aliphatic heterocycles. The van der Waals surface area contributed by atoms with Gasteiger partial charge in [0.1, 0.15) is 0 Å². The number of amides is 1. The maximum Gasteiger partial charge on any atom is 0.437 e. The van der Waals surface area contributed by atoms with E-state index in [-0.39, 0.29) is 0 Å². The zero-order valence-corrected chi connectivity index (χ0v) is 14.8. The molecule has 0 bridgehead atoms. The first-order chi connectivity index (χ1) is 11.7. The molecule has 4 nitrogen and oxygen atoms in total. The lowest BCUT2D eigenvalue weighted by atomic mass is 9.84. The van der Waals surface area contributed by atoms with Gasteiger partial charge in [0, 0.05) is 16.6 Å². The molecule has 24 heavy (non-hydrogen) atoms. The topological polar surface area (TPSA) is 50.7 Å². The Morgan fingerprint density at radius 3 is 3.08 bits per heavy atom. The highest BCUT2D eigenvalue weighted by molar-refractivity contribution is 7.07. The monoisotopic (exact) mass is 362 g/mol. The molecule has 1 fully saturated rings. The van der Waals surface area contributed by atoms with Gasteiger partial charge in [-0.3, -0.25) is 10.2 Å². The minimum Gasteiger partial charge on any atom is -0.298 e. The van der Waals surface area contributed by atoms with Crippen LogP contribution in [0.3, 0.4) is 0 Å². The van der Waals surface area contributed by atoms with Crippen LogP contribution in [0.25, 0.3) is 0 Å². The smallest absolute Gasteiger partial charge is 0.298 e. The van der Waals surface area contributed by atoms with Crippen LogP contribution in [-0.4, -0.2) is 11.8 Å². The fraction of sp³-hybridized carbons (Fsp3) is 0.333. The fourth-order valence-electron chi connectivity index (χ4n) is 2.91. The second kappa shape index (κ2) is 8.31. The van der Waals surface area contributed by atoms with E-state index in [1.165, 1.54) is 12.0 Å². The predicted molar refractivity (Wildman–Crippen MR) is 99.0 cm³/mol. The second-order valence-corrected chi connectivity index (χ2v) is 7.09. The van der Waals surface area contributed by atoms with Crippen molar-refractivity contribution in [2.75, 3.05) is 5.32 Å². The van der Waals surface area contributed by atoms with E-state index in [0.717, 1.165) is 31.4 Å². The number of oxime groups is 1. The number of hydrogen-bond donors (Lipinski definition) is 1. The standard InChI is InChI=1S/C18H19ClN2O2S/c19-15-5-3-6-16(11-15)20-18(22)23-21-17-7-2-1-4-14(17)10-13-8-9-24-12-13/h3,5-6,8-9,11-12,14H,1-2,4,7,10H2,(H,20,22)/b21-17+. The van der Waals surface area contributed by atoms with Gasteiger partial charge in [0.2, 0.25) is 0 Å². The molecule has 1 N–H and O–H groups in total. The van der Waals surface area contributed by atoms with Gasteiger partial charge in [0.05, 0.1) is 5.71 Å². The molecule has 3 rings (SSSR count). The Morgan fingerprint density at radius 1 is 1.38 bits per heavy atom. The van der Waals surface area contributed by atoms with E-state index < -0.39 is 6.09 Å². The first kappa shape index (κ1) is 17.0. The highest BCUT2D eigenvalue weighted by Gasteiger charge is 2.22. The first-order valence-electron chi connectivity index (χ1n) is 8.02. The summed E-state index contributed by atoms with van der Waals surface area (Å²) in [5.41, 5.74) is 2.89. The number of benzene rings is 1. The number of thiophene rings is 1. The summed E-state index contributed by atoms with van der Waals surface area (Å²) in [6, 6.07) is 9.07. The summed E-state index contributed by atoms with van der Waals surface area (Å²) in [6.45, 7) is 0. The zero-order chi connectivity index (χ0) is 16.8. The molecule has 126 valence electrons. The van der Waals surface area contributed by atoms with Gasteiger partial charge in [-0.2, -0.15) is 11.3 Å². The molecule has 1 atom stereocenters. The van der Waals surface area contributed by atoms with E-state index in [2.05, 4.69) is 27.3 Å². The predicted octanol–water partition coefficient (Wildman–Crippen LogP) is 5.74. The molecular formula is C18H19ClN2O2S. The highest BCUT2D eigenvalue weighted by atomic mass is 35.5. The summed E-state index contributed by atoms with van der Waals surface area (Å²) in [6.07, 6.45) is 4.64. The van der Waals surface area contributed by atoms with E-state index in [1.807, 2.05) is 0 Å². The van der Waals surface area contributed by atoms with Crippen LogP contribution in [0.5, 0.6) is 0 Å². The van der Waals surface area contributed by atoms with Crippen molar-refractivity contribution in [1.29, 1.82) is 0 Å². The Labute approximate surface area is 150 Å². The van der Waals surface area contributed by atoms with Gasteiger partial charge in [-0.1, -0.05) is 29.2 Å². The quantitative estimate of drug-likeness (QED) is 0.557. The van der Waals surface area contributed by atoms with Crippen molar-refractivity contribution < 1.29 is 9.63 Å². The number of hydrogen-bond acceptors (Lipinski definition) is 4. The van der Waals surface area contributed by atoms with Crippen molar-refractivity contribution in [2.24, 2.45) is 11.1 Å². The Hall–Kier alpha value is -1.85. The van der Waals surface area contributed by atoms with Crippen LogP contribution in [0.4, 0.5) is 10.5 Å². The molecule has 1 unspecified atom stereocenters. The van der Waals surface area contributed by atoms with Crippen molar-refractivity contribution in [3.05, 3.63) is 51.7 Å². The Morgan fingerprint density at radius 2 is 2.29 bits per heavy atom. The summed E-state index contributed by atoms with van der Waals surface area (Å²) < 4.78 is 0. The number of anilines is 1. The number of nitrogens with one attached hydrogen (secondary N) is 1. The van der Waals surface area contributed by atoms with E-state index in [4.69, 9.17) is 16.4 Å². The lowest BCUT2D eigenvalue weighted by molar-refractivity contribution is 0.165. The lowest BCUT2D eigenvalue weighted by Crippen LogP contribution is -2.23. The molecule has 0 radical (unpaired) electrons. The van der Waals surface area contributed by atoms with Crippen molar-refractivity contribution in [3.63, 3.8) is 0 Å². The third-order valence-corrected chi connectivity index (χ3v) is 5.05. The van der Waals surface area contributed by atoms with Crippen molar-refractivity contribution >= 4 is 40.4 Å². The average molecular weight is 363 g/mol. The maximum absolute atomic E-state index is 11.9. The SMILES string of the molecule is O=C(Nc1cccc(Cl)c1)O/N=C1\CCCCC1Cc1ccsc1. The van der Waals surface area contributed by atoms with Gasteiger partial charge >= 0.3 is 6.09 Å². The van der Waals surface area contributed by atoms with Gasteiger partial charge in [-0.05, 0) is 66.3 Å². The van der Waals surface area contributed by atoms with Gasteiger partial charge in [0.15, 0.2) is 0 Å². The Balaban J connectivity index is 1.59. The molecule has 1 aliphatic rings. The number of nitrogens with zero attached hydrogens (tertiary/aromatic N) is 1. The first-order valence-corrected chi connectivity index (χ1v) is 9.34. The number of rotatable bonds is 4. The summed E-state index contributed by atoms with van der Waals surface area (Å²) in [7, 11) is 0. The Bertz CT molecular complexity index is 716. The number of carbonyl (C=O) groups is 1. The third-order valence-electron chi connectivity index (χ3n) is 4.09. The molecule has 0 saturated heterocycles. The summed E-state index contributed by atoms with van der Waals surface area (Å²) in [5, 5.41) is 11.6. The van der Waals surface area contributed by atoms with E-state index >= 15 is 0 Å². The minimum atomic E-state index is -0.593. The molecule has 1 amide bonds. The fourth-order valence-corrected chi connectivity index (χ4v) is 3.78. The second-order valence-electron chi connectivity index (χ2n) is 5.88. The Kier molecular flexibility index (Phi) is 5.88. The van der Waals surface area contributed by atoms with Crippen LogP contribution >= 0.6 is 22.9 Å². The van der Waals surface area contributed by atoms with E-state index in [1.54, 1.807) is 35.6 Å². The normalized spacial score (nSPS) is 19.2. The van der Waals surface area contributed by atoms with Crippen molar-refractivity contribution in [3.8, 4) is 0 Å². The van der Waals surface area contributed by atoms with Crippen LogP contribution in [-0.2, 0) is 11.3 Å². The molecule has 1 aromatic heterocycles. The summed E-state index contributed by atoms with van der Waals surface area (Å²) in [4.78, 5) is 17.0. The largest absolute Gasteiger partial charge is 0.437 e. The third kappa shape index (κ3) is 4.82. The van der Waals surface area contributed by atoms with Gasteiger partial charge < -0.3 is 0 Å². The average Bonchev–Trinajstić information content (AvgIpc) is 3.07. The molecule has 1 aliphatic carbocycles. The van der Waals surface area contributed by atoms with Crippen molar-refractivity contribution in [2.45, 2.75) is 32.1 Å². The molecule has 1 aromatic carbocycles. The molecule has 6 heteroatoms. The highest BCUT2D eigenvalue weighted by Crippen LogP contribution is 2.26. The molecular weight excluding hydrogens is 344 g/mol. The maximum atomic E-state index is 11.9. The van der Waals surface area contributed by atoms with E-state index in [0.29, 0.717) is 16.6 Å². The molecule has 1 saturated carbocycles. The molecule has 2 aromatic rings.